The molecule has 0 aliphatic rings. The SMILES string of the molecule is Cl.NNc1ccc(F)cc1C(F)F. The molecule has 3 N–H and O–H groups in total. The smallest absolute Gasteiger partial charge is 0.265 e. The predicted molar refractivity (Wildman–Crippen MR) is 46.4 cm³/mol. The van der Waals surface area contributed by atoms with Gasteiger partial charge in [-0.1, -0.05) is 0 Å². The summed E-state index contributed by atoms with van der Waals surface area (Å²) in [4.78, 5) is 0. The molecule has 0 saturated carbocycles. The van der Waals surface area contributed by atoms with Crippen LogP contribution in [0.3, 0.4) is 0 Å². The molecule has 1 aromatic carbocycles. The molecule has 0 aliphatic carbocycles. The van der Waals surface area contributed by atoms with Crippen LogP contribution in [0.4, 0.5) is 18.9 Å². The van der Waals surface area contributed by atoms with Crippen LogP contribution in [-0.2, 0) is 0 Å². The molecule has 1 aromatic rings. The van der Waals surface area contributed by atoms with Gasteiger partial charge in [0.25, 0.3) is 6.43 Å². The maximum atomic E-state index is 12.4. The van der Waals surface area contributed by atoms with Crippen molar-refractivity contribution < 1.29 is 13.2 Å². The Kier molecular flexibility index (Phi) is 4.58. The van der Waals surface area contributed by atoms with Crippen molar-refractivity contribution in [2.45, 2.75) is 6.43 Å². The zero-order valence-electron chi connectivity index (χ0n) is 6.43. The van der Waals surface area contributed by atoms with Crippen LogP contribution in [0.25, 0.3) is 0 Å². The second kappa shape index (κ2) is 4.94. The van der Waals surface area contributed by atoms with Gasteiger partial charge in [0.15, 0.2) is 0 Å². The molecule has 74 valence electrons. The molecular formula is C7H8ClF3N2. The molecule has 13 heavy (non-hydrogen) atoms. The largest absolute Gasteiger partial charge is 0.324 e. The van der Waals surface area contributed by atoms with E-state index < -0.39 is 17.8 Å². The normalized spacial score (nSPS) is 9.62. The molecule has 2 nitrogen and oxygen atoms in total. The molecule has 0 atom stereocenters. The molecule has 0 amide bonds. The fourth-order valence-electron chi connectivity index (χ4n) is 0.846. The van der Waals surface area contributed by atoms with Crippen LogP contribution >= 0.6 is 12.4 Å². The molecular weight excluding hydrogens is 205 g/mol. The lowest BCUT2D eigenvalue weighted by molar-refractivity contribution is 0.151. The van der Waals surface area contributed by atoms with E-state index in [4.69, 9.17) is 5.84 Å². The van der Waals surface area contributed by atoms with Gasteiger partial charge in [0.05, 0.1) is 5.69 Å². The Balaban J connectivity index is 0.00000144. The highest BCUT2D eigenvalue weighted by molar-refractivity contribution is 5.85. The average Bonchev–Trinajstić information content (AvgIpc) is 2.04. The monoisotopic (exact) mass is 212 g/mol. The topological polar surface area (TPSA) is 38.0 Å². The standard InChI is InChI=1S/C7H7F3N2.ClH/c8-4-1-2-6(12-11)5(3-4)7(9)10;/h1-3,7,12H,11H2;1H. The van der Waals surface area contributed by atoms with Crippen molar-refractivity contribution in [2.75, 3.05) is 5.43 Å². The van der Waals surface area contributed by atoms with Crippen molar-refractivity contribution in [2.24, 2.45) is 5.84 Å². The Hall–Kier alpha value is -0.940. The zero-order chi connectivity index (χ0) is 9.14. The third-order valence-electron chi connectivity index (χ3n) is 1.40. The number of benzene rings is 1. The molecule has 0 bridgehead atoms. The maximum absolute atomic E-state index is 12.4. The lowest BCUT2D eigenvalue weighted by atomic mass is 10.2. The minimum absolute atomic E-state index is 0. The van der Waals surface area contributed by atoms with Gasteiger partial charge in [-0.25, -0.2) is 13.2 Å². The van der Waals surface area contributed by atoms with E-state index in [0.29, 0.717) is 0 Å². The van der Waals surface area contributed by atoms with E-state index in [2.05, 4.69) is 5.43 Å². The summed E-state index contributed by atoms with van der Waals surface area (Å²) in [6.07, 6.45) is -2.73. The fourth-order valence-corrected chi connectivity index (χ4v) is 0.846. The molecule has 0 spiro atoms. The summed E-state index contributed by atoms with van der Waals surface area (Å²) in [5, 5.41) is 0. The van der Waals surface area contributed by atoms with Crippen LogP contribution in [0.1, 0.15) is 12.0 Å². The van der Waals surface area contributed by atoms with Gasteiger partial charge < -0.3 is 5.43 Å². The molecule has 6 heteroatoms. The summed E-state index contributed by atoms with van der Waals surface area (Å²) in [6, 6.07) is 2.97. The average molecular weight is 213 g/mol. The minimum atomic E-state index is -2.73. The van der Waals surface area contributed by atoms with Crippen LogP contribution < -0.4 is 11.3 Å². The van der Waals surface area contributed by atoms with Gasteiger partial charge in [-0.2, -0.15) is 0 Å². The summed E-state index contributed by atoms with van der Waals surface area (Å²) in [5.74, 6) is 4.23. The van der Waals surface area contributed by atoms with E-state index in [9.17, 15) is 13.2 Å². The van der Waals surface area contributed by atoms with Gasteiger partial charge in [0, 0.05) is 5.56 Å². The first-order valence-electron chi connectivity index (χ1n) is 3.19. The number of anilines is 1. The van der Waals surface area contributed by atoms with E-state index in [0.717, 1.165) is 18.2 Å². The first-order valence-corrected chi connectivity index (χ1v) is 3.19. The van der Waals surface area contributed by atoms with Crippen LogP contribution in [0.5, 0.6) is 0 Å². The Labute approximate surface area is 79.3 Å². The molecule has 1 rings (SSSR count). The molecule has 0 heterocycles. The predicted octanol–water partition coefficient (Wildman–Crippen LogP) is 2.47. The number of halogens is 4. The van der Waals surface area contributed by atoms with Gasteiger partial charge in [-0.05, 0) is 18.2 Å². The number of hydrazine groups is 1. The van der Waals surface area contributed by atoms with Gasteiger partial charge >= 0.3 is 0 Å². The lowest BCUT2D eigenvalue weighted by Crippen LogP contribution is -2.09. The number of nitrogens with two attached hydrogens (primary N) is 1. The van der Waals surface area contributed by atoms with E-state index in [1.165, 1.54) is 0 Å². The van der Waals surface area contributed by atoms with Gasteiger partial charge in [-0.3, -0.25) is 5.84 Å². The van der Waals surface area contributed by atoms with Gasteiger partial charge in [0.2, 0.25) is 0 Å². The maximum Gasteiger partial charge on any atom is 0.265 e. The third kappa shape index (κ3) is 2.78. The third-order valence-corrected chi connectivity index (χ3v) is 1.40. The van der Waals surface area contributed by atoms with Crippen molar-refractivity contribution in [3.8, 4) is 0 Å². The van der Waals surface area contributed by atoms with E-state index in [1.54, 1.807) is 0 Å². The number of nitrogens with one attached hydrogen (secondary N) is 1. The summed E-state index contributed by atoms with van der Waals surface area (Å²) in [5.41, 5.74) is 1.66. The number of alkyl halides is 2. The van der Waals surface area contributed by atoms with E-state index >= 15 is 0 Å². The number of rotatable bonds is 2. The number of hydrogen-bond acceptors (Lipinski definition) is 2. The first kappa shape index (κ1) is 12.1. The highest BCUT2D eigenvalue weighted by Crippen LogP contribution is 2.26. The summed E-state index contributed by atoms with van der Waals surface area (Å²) >= 11 is 0. The summed E-state index contributed by atoms with van der Waals surface area (Å²) in [7, 11) is 0. The van der Waals surface area contributed by atoms with Crippen molar-refractivity contribution in [1.29, 1.82) is 0 Å². The quantitative estimate of drug-likeness (QED) is 0.584. The van der Waals surface area contributed by atoms with Crippen molar-refractivity contribution in [3.05, 3.63) is 29.6 Å². The fraction of sp³-hybridized carbons (Fsp3) is 0.143. The number of nitrogen functional groups attached to an aromatic ring is 1. The van der Waals surface area contributed by atoms with Gasteiger partial charge in [0.1, 0.15) is 5.82 Å². The lowest BCUT2D eigenvalue weighted by Gasteiger charge is -2.06. The van der Waals surface area contributed by atoms with E-state index in [1.807, 2.05) is 0 Å². The molecule has 0 fully saturated rings. The molecule has 0 aliphatic heterocycles. The van der Waals surface area contributed by atoms with Crippen LogP contribution in [-0.4, -0.2) is 0 Å². The summed E-state index contributed by atoms with van der Waals surface area (Å²) in [6.45, 7) is 0. The molecule has 0 aromatic heterocycles. The Morgan fingerprint density at radius 2 is 1.92 bits per heavy atom. The Bertz CT molecular complexity index is 280. The second-order valence-electron chi connectivity index (χ2n) is 2.18. The van der Waals surface area contributed by atoms with Crippen molar-refractivity contribution >= 4 is 18.1 Å². The molecule has 0 radical (unpaired) electrons. The molecule has 0 saturated heterocycles. The van der Waals surface area contributed by atoms with Crippen LogP contribution in [0, 0.1) is 5.82 Å². The Morgan fingerprint density at radius 3 is 2.38 bits per heavy atom. The minimum Gasteiger partial charge on any atom is -0.324 e. The van der Waals surface area contributed by atoms with Crippen LogP contribution in [0.15, 0.2) is 18.2 Å². The summed E-state index contributed by atoms with van der Waals surface area (Å²) < 4.78 is 36.7. The van der Waals surface area contributed by atoms with Crippen molar-refractivity contribution in [1.82, 2.24) is 0 Å². The highest BCUT2D eigenvalue weighted by Gasteiger charge is 2.12. The van der Waals surface area contributed by atoms with E-state index in [-0.39, 0.29) is 18.1 Å². The Morgan fingerprint density at radius 1 is 1.31 bits per heavy atom. The van der Waals surface area contributed by atoms with Gasteiger partial charge in [-0.15, -0.1) is 12.4 Å². The second-order valence-corrected chi connectivity index (χ2v) is 2.18. The van der Waals surface area contributed by atoms with Crippen molar-refractivity contribution in [3.63, 3.8) is 0 Å². The first-order chi connectivity index (χ1) is 5.65. The highest BCUT2D eigenvalue weighted by atomic mass is 35.5. The molecule has 0 unspecified atom stereocenters. The van der Waals surface area contributed by atoms with Crippen LogP contribution in [0.2, 0.25) is 0 Å². The number of hydrogen-bond donors (Lipinski definition) is 2. The zero-order valence-corrected chi connectivity index (χ0v) is 7.25.